The van der Waals surface area contributed by atoms with E-state index in [4.69, 9.17) is 11.6 Å². The van der Waals surface area contributed by atoms with Crippen LogP contribution < -0.4 is 16.0 Å². The van der Waals surface area contributed by atoms with Gasteiger partial charge < -0.3 is 16.0 Å². The van der Waals surface area contributed by atoms with E-state index in [0.717, 1.165) is 38.1 Å². The van der Waals surface area contributed by atoms with Crippen LogP contribution >= 0.6 is 36.4 Å². The second kappa shape index (κ2) is 11.2. The minimum Gasteiger partial charge on any atom is -0.372 e. The van der Waals surface area contributed by atoms with Crippen molar-refractivity contribution in [3.63, 3.8) is 0 Å². The molecule has 10 heteroatoms. The van der Waals surface area contributed by atoms with Crippen LogP contribution in [0.4, 0.5) is 18.9 Å². The number of anilines is 1. The summed E-state index contributed by atoms with van der Waals surface area (Å²) >= 11 is 5.98. The van der Waals surface area contributed by atoms with E-state index in [9.17, 15) is 18.0 Å². The Morgan fingerprint density at radius 1 is 1.22 bits per heavy atom. The van der Waals surface area contributed by atoms with Crippen molar-refractivity contribution in [3.05, 3.63) is 28.8 Å². The molecule has 1 aromatic carbocycles. The monoisotopic (exact) mass is 449 g/mol. The maximum atomic E-state index is 12.7. The van der Waals surface area contributed by atoms with Crippen LogP contribution in [0.3, 0.4) is 0 Å². The highest BCUT2D eigenvalue weighted by Gasteiger charge is 2.31. The fourth-order valence-corrected chi connectivity index (χ4v) is 3.00. The molecule has 0 radical (unpaired) electrons. The van der Waals surface area contributed by atoms with E-state index in [1.54, 1.807) is 0 Å². The van der Waals surface area contributed by atoms with Crippen molar-refractivity contribution < 1.29 is 18.0 Å². The van der Waals surface area contributed by atoms with E-state index in [1.165, 1.54) is 6.07 Å². The van der Waals surface area contributed by atoms with Crippen LogP contribution in [0.5, 0.6) is 0 Å². The lowest BCUT2D eigenvalue weighted by atomic mass is 10.0. The first kappa shape index (κ1) is 26.1. The maximum absolute atomic E-state index is 12.7. The van der Waals surface area contributed by atoms with Gasteiger partial charge in [-0.25, -0.2) is 0 Å². The molecule has 1 atom stereocenters. The first-order chi connectivity index (χ1) is 11.7. The van der Waals surface area contributed by atoms with Crippen molar-refractivity contribution in [1.29, 1.82) is 0 Å². The number of halogens is 6. The summed E-state index contributed by atoms with van der Waals surface area (Å²) in [6.45, 7) is 5.46. The number of nitrogens with one attached hydrogen (secondary N) is 3. The fraction of sp³-hybridized carbons (Fsp3) is 0.588. The van der Waals surface area contributed by atoms with E-state index in [0.29, 0.717) is 5.69 Å². The number of rotatable bonds is 5. The smallest absolute Gasteiger partial charge is 0.372 e. The Morgan fingerprint density at radius 2 is 1.81 bits per heavy atom. The lowest BCUT2D eigenvalue weighted by molar-refractivity contribution is -0.137. The molecule has 0 bridgehead atoms. The molecule has 1 fully saturated rings. The van der Waals surface area contributed by atoms with Crippen molar-refractivity contribution in [2.45, 2.75) is 44.9 Å². The van der Waals surface area contributed by atoms with Crippen LogP contribution in [-0.2, 0) is 11.0 Å². The van der Waals surface area contributed by atoms with Gasteiger partial charge in [0.05, 0.1) is 16.3 Å². The molecule has 0 aromatic heterocycles. The third kappa shape index (κ3) is 7.56. The molecule has 1 aromatic rings. The standard InChI is InChI=1S/C17H23ClF3N3O.2ClH/c1-10(2)15(16(25)23-12-5-7-22-8-6-12)24-14-4-3-11(9-13(14)18)17(19,20)21;;/h3-4,9-10,12,15,22,24H,5-8H2,1-2H3,(H,23,25);2*1H. The van der Waals surface area contributed by atoms with Crippen molar-refractivity contribution in [1.82, 2.24) is 10.6 Å². The third-order valence-corrected chi connectivity index (χ3v) is 4.55. The molecule has 3 N–H and O–H groups in total. The number of hydrogen-bond acceptors (Lipinski definition) is 3. The fourth-order valence-electron chi connectivity index (χ4n) is 2.77. The van der Waals surface area contributed by atoms with Gasteiger partial charge in [-0.1, -0.05) is 25.4 Å². The van der Waals surface area contributed by atoms with Gasteiger partial charge in [0.1, 0.15) is 6.04 Å². The first-order valence-electron chi connectivity index (χ1n) is 8.33. The van der Waals surface area contributed by atoms with Gasteiger partial charge in [-0.3, -0.25) is 4.79 Å². The maximum Gasteiger partial charge on any atom is 0.416 e. The van der Waals surface area contributed by atoms with Gasteiger partial charge in [0, 0.05) is 6.04 Å². The number of hydrogen-bond donors (Lipinski definition) is 3. The summed E-state index contributed by atoms with van der Waals surface area (Å²) in [5.74, 6) is -0.224. The number of alkyl halides is 3. The van der Waals surface area contributed by atoms with Gasteiger partial charge in [0.25, 0.3) is 0 Å². The zero-order valence-electron chi connectivity index (χ0n) is 15.0. The molecule has 2 rings (SSSR count). The minimum absolute atomic E-state index is 0. The van der Waals surface area contributed by atoms with Gasteiger partial charge in [0.15, 0.2) is 0 Å². The van der Waals surface area contributed by atoms with E-state index < -0.39 is 17.8 Å². The molecule has 1 unspecified atom stereocenters. The largest absolute Gasteiger partial charge is 0.416 e. The molecule has 1 saturated heterocycles. The summed E-state index contributed by atoms with van der Waals surface area (Å²) in [6, 6.07) is 2.62. The normalized spacial score (nSPS) is 16.1. The van der Waals surface area contributed by atoms with Gasteiger partial charge in [-0.15, -0.1) is 24.8 Å². The van der Waals surface area contributed by atoms with Crippen molar-refractivity contribution in [2.24, 2.45) is 5.92 Å². The summed E-state index contributed by atoms with van der Waals surface area (Å²) in [7, 11) is 0. The Bertz CT molecular complexity index is 609. The van der Waals surface area contributed by atoms with Crippen LogP contribution in [-0.4, -0.2) is 31.1 Å². The molecule has 1 heterocycles. The van der Waals surface area contributed by atoms with Gasteiger partial charge in [-0.05, 0) is 50.0 Å². The zero-order chi connectivity index (χ0) is 18.6. The number of amides is 1. The molecule has 0 saturated carbocycles. The number of benzene rings is 1. The molecule has 1 amide bonds. The van der Waals surface area contributed by atoms with Crippen LogP contribution in [0.15, 0.2) is 18.2 Å². The Kier molecular flexibility index (Phi) is 10.8. The molecule has 156 valence electrons. The number of carbonyl (C=O) groups excluding carboxylic acids is 1. The second-order valence-electron chi connectivity index (χ2n) is 6.59. The Labute approximate surface area is 174 Å². The summed E-state index contributed by atoms with van der Waals surface area (Å²) in [4.78, 5) is 12.6. The summed E-state index contributed by atoms with van der Waals surface area (Å²) in [5.41, 5.74) is -0.503. The second-order valence-corrected chi connectivity index (χ2v) is 7.00. The highest BCUT2D eigenvalue weighted by Crippen LogP contribution is 2.34. The molecular formula is C17H25Cl3F3N3O. The average Bonchev–Trinajstić information content (AvgIpc) is 2.53. The van der Waals surface area contributed by atoms with Crippen molar-refractivity contribution >= 4 is 48.0 Å². The Hall–Kier alpha value is -0.890. The van der Waals surface area contributed by atoms with Gasteiger partial charge in [-0.2, -0.15) is 13.2 Å². The highest BCUT2D eigenvalue weighted by molar-refractivity contribution is 6.33. The van der Waals surface area contributed by atoms with Crippen LogP contribution in [0.25, 0.3) is 0 Å². The predicted octanol–water partition coefficient (Wildman–Crippen LogP) is 4.51. The van der Waals surface area contributed by atoms with Gasteiger partial charge >= 0.3 is 6.18 Å². The molecule has 0 aliphatic carbocycles. The Balaban J connectivity index is 0.00000338. The lowest BCUT2D eigenvalue weighted by Crippen LogP contribution is -2.49. The van der Waals surface area contributed by atoms with Crippen LogP contribution in [0.2, 0.25) is 5.02 Å². The van der Waals surface area contributed by atoms with E-state index in [1.807, 2.05) is 13.8 Å². The summed E-state index contributed by atoms with van der Waals surface area (Å²) in [6.07, 6.45) is -2.73. The van der Waals surface area contributed by atoms with Crippen LogP contribution in [0, 0.1) is 5.92 Å². The first-order valence-corrected chi connectivity index (χ1v) is 8.70. The van der Waals surface area contributed by atoms with Crippen molar-refractivity contribution in [3.8, 4) is 0 Å². The summed E-state index contributed by atoms with van der Waals surface area (Å²) in [5, 5.41) is 9.17. The van der Waals surface area contributed by atoms with Crippen LogP contribution in [0.1, 0.15) is 32.3 Å². The van der Waals surface area contributed by atoms with Crippen molar-refractivity contribution in [2.75, 3.05) is 18.4 Å². The van der Waals surface area contributed by atoms with E-state index in [-0.39, 0.29) is 47.7 Å². The number of carbonyl (C=O) groups is 1. The van der Waals surface area contributed by atoms with E-state index >= 15 is 0 Å². The quantitative estimate of drug-likeness (QED) is 0.619. The van der Waals surface area contributed by atoms with Gasteiger partial charge in [0.2, 0.25) is 5.91 Å². The third-order valence-electron chi connectivity index (χ3n) is 4.24. The minimum atomic E-state index is -4.45. The Morgan fingerprint density at radius 3 is 2.30 bits per heavy atom. The highest BCUT2D eigenvalue weighted by atomic mass is 35.5. The predicted molar refractivity (Wildman–Crippen MR) is 107 cm³/mol. The number of piperidine rings is 1. The average molecular weight is 451 g/mol. The molecule has 1 aliphatic rings. The molecular weight excluding hydrogens is 426 g/mol. The van der Waals surface area contributed by atoms with E-state index in [2.05, 4.69) is 16.0 Å². The molecule has 4 nitrogen and oxygen atoms in total. The molecule has 27 heavy (non-hydrogen) atoms. The topological polar surface area (TPSA) is 53.2 Å². The molecule has 1 aliphatic heterocycles. The summed E-state index contributed by atoms with van der Waals surface area (Å²) < 4.78 is 38.2. The SMILES string of the molecule is CC(C)C(Nc1ccc(C(F)(F)F)cc1Cl)C(=O)NC1CCNCC1.Cl.Cl. The molecule has 0 spiro atoms. The zero-order valence-corrected chi connectivity index (χ0v) is 17.4. The lowest BCUT2D eigenvalue weighted by Gasteiger charge is -2.28.